The Bertz CT molecular complexity index is 1390. The molecular formula is C30H30F6N4O. The van der Waals surface area contributed by atoms with Gasteiger partial charge in [-0.15, -0.1) is 0 Å². The van der Waals surface area contributed by atoms with Gasteiger partial charge in [0.2, 0.25) is 0 Å². The second-order valence-electron chi connectivity index (χ2n) is 10.8. The molecule has 5 nitrogen and oxygen atoms in total. The molecule has 2 aromatic carbocycles. The van der Waals surface area contributed by atoms with Gasteiger partial charge >= 0.3 is 12.4 Å². The van der Waals surface area contributed by atoms with E-state index in [0.717, 1.165) is 45.2 Å². The Kier molecular flexibility index (Phi) is 7.76. The molecule has 1 atom stereocenters. The van der Waals surface area contributed by atoms with E-state index in [4.69, 9.17) is 0 Å². The van der Waals surface area contributed by atoms with E-state index in [9.17, 15) is 31.1 Å². The summed E-state index contributed by atoms with van der Waals surface area (Å²) in [6, 6.07) is 8.16. The number of nitrogens with one attached hydrogen (secondary N) is 1. The minimum atomic E-state index is -4.95. The first kappa shape index (κ1) is 28.9. The monoisotopic (exact) mass is 576 g/mol. The number of likely N-dealkylation sites (N-methyl/N-ethyl adjacent to an activating group) is 1. The zero-order valence-electron chi connectivity index (χ0n) is 22.7. The fourth-order valence-electron chi connectivity index (χ4n) is 5.59. The molecule has 0 bridgehead atoms. The number of alkyl halides is 6. The van der Waals surface area contributed by atoms with Gasteiger partial charge < -0.3 is 15.1 Å². The van der Waals surface area contributed by atoms with E-state index in [0.29, 0.717) is 18.6 Å². The normalized spacial score (nSPS) is 18.2. The number of pyridine rings is 1. The molecule has 0 radical (unpaired) electrons. The first-order valence-corrected chi connectivity index (χ1v) is 13.4. The van der Waals surface area contributed by atoms with Crippen LogP contribution in [0.3, 0.4) is 0 Å². The predicted octanol–water partition coefficient (Wildman–Crippen LogP) is 6.13. The Morgan fingerprint density at radius 3 is 2.12 bits per heavy atom. The number of piperazine rings is 1. The molecule has 1 aliphatic heterocycles. The number of rotatable bonds is 4. The van der Waals surface area contributed by atoms with Crippen molar-refractivity contribution in [3.05, 3.63) is 82.2 Å². The zero-order chi connectivity index (χ0) is 29.5. The molecule has 1 N–H and O–H groups in total. The number of halogens is 6. The molecule has 0 saturated carbocycles. The third-order valence-corrected chi connectivity index (χ3v) is 7.93. The predicted molar refractivity (Wildman–Crippen MR) is 144 cm³/mol. The molecule has 1 saturated heterocycles. The van der Waals surface area contributed by atoms with Crippen molar-refractivity contribution in [3.8, 4) is 11.1 Å². The van der Waals surface area contributed by atoms with Gasteiger partial charge in [-0.25, -0.2) is 0 Å². The average molecular weight is 577 g/mol. The second-order valence-corrected chi connectivity index (χ2v) is 10.8. The van der Waals surface area contributed by atoms with E-state index in [1.807, 2.05) is 0 Å². The Balaban J connectivity index is 1.33. The number of hydrogen-bond acceptors (Lipinski definition) is 4. The van der Waals surface area contributed by atoms with Gasteiger partial charge in [-0.1, -0.05) is 12.1 Å². The van der Waals surface area contributed by atoms with Crippen molar-refractivity contribution in [2.75, 3.05) is 38.1 Å². The smallest absolute Gasteiger partial charge is 0.369 e. The quantitative estimate of drug-likeness (QED) is 0.380. The Morgan fingerprint density at radius 1 is 0.878 bits per heavy atom. The SMILES string of the molecule is Cc1ccc(N2CCN(C)CC2)c2c1CC[C@H](NC(=O)c1ccc(-c3cc(C(F)(F)F)cc(C(F)(F)F)c3)cn1)C2. The highest BCUT2D eigenvalue weighted by atomic mass is 19.4. The number of carbonyl (C=O) groups is 1. The number of hydrogen-bond donors (Lipinski definition) is 1. The molecular weight excluding hydrogens is 546 g/mol. The Morgan fingerprint density at radius 2 is 1.54 bits per heavy atom. The molecule has 3 aromatic rings. The standard InChI is InChI=1S/C30H30F6N4O/c1-18-3-8-27(40-11-9-39(2)10-12-40)25-16-23(5-6-24(18)25)38-28(41)26-7-4-19(17-37-26)20-13-21(29(31,32)33)15-22(14-20)30(34,35)36/h3-4,7-8,13-15,17,23H,5-6,9-12,16H2,1-2H3,(H,38,41)/t23-/m0/s1. The van der Waals surface area contributed by atoms with Gasteiger partial charge in [-0.2, -0.15) is 26.3 Å². The fourth-order valence-corrected chi connectivity index (χ4v) is 5.59. The van der Waals surface area contributed by atoms with Crippen molar-refractivity contribution in [2.45, 2.75) is 44.6 Å². The van der Waals surface area contributed by atoms with Gasteiger partial charge in [-0.3, -0.25) is 9.78 Å². The van der Waals surface area contributed by atoms with Gasteiger partial charge in [0.05, 0.1) is 11.1 Å². The molecule has 2 aliphatic rings. The zero-order valence-corrected chi connectivity index (χ0v) is 22.7. The van der Waals surface area contributed by atoms with Crippen LogP contribution in [-0.4, -0.2) is 55.1 Å². The minimum Gasteiger partial charge on any atom is -0.369 e. The van der Waals surface area contributed by atoms with Crippen molar-refractivity contribution in [3.63, 3.8) is 0 Å². The molecule has 1 aromatic heterocycles. The summed E-state index contributed by atoms with van der Waals surface area (Å²) < 4.78 is 79.6. The van der Waals surface area contributed by atoms with Gasteiger partial charge in [-0.05, 0) is 85.8 Å². The van der Waals surface area contributed by atoms with Crippen LogP contribution < -0.4 is 10.2 Å². The second kappa shape index (κ2) is 11.0. The van der Waals surface area contributed by atoms with Crippen LogP contribution in [0.15, 0.2) is 48.7 Å². The van der Waals surface area contributed by atoms with E-state index in [1.54, 1.807) is 0 Å². The number of fused-ring (bicyclic) bond motifs is 1. The topological polar surface area (TPSA) is 48.5 Å². The Hall–Kier alpha value is -3.60. The summed E-state index contributed by atoms with van der Waals surface area (Å²) in [5, 5.41) is 3.02. The van der Waals surface area contributed by atoms with E-state index in [1.165, 1.54) is 34.5 Å². The van der Waals surface area contributed by atoms with Crippen LogP contribution in [0.25, 0.3) is 11.1 Å². The van der Waals surface area contributed by atoms with Crippen molar-refractivity contribution < 1.29 is 31.1 Å². The number of anilines is 1. The maximum absolute atomic E-state index is 13.3. The first-order valence-electron chi connectivity index (χ1n) is 13.4. The van der Waals surface area contributed by atoms with E-state index in [2.05, 4.69) is 46.2 Å². The third-order valence-electron chi connectivity index (χ3n) is 7.93. The van der Waals surface area contributed by atoms with Crippen LogP contribution in [0.5, 0.6) is 0 Å². The van der Waals surface area contributed by atoms with Gasteiger partial charge in [0, 0.05) is 49.7 Å². The van der Waals surface area contributed by atoms with Gasteiger partial charge in [0.25, 0.3) is 5.91 Å². The molecule has 1 aliphatic carbocycles. The summed E-state index contributed by atoms with van der Waals surface area (Å²) in [4.78, 5) is 21.8. The lowest BCUT2D eigenvalue weighted by atomic mass is 9.84. The molecule has 2 heterocycles. The van der Waals surface area contributed by atoms with Crippen molar-refractivity contribution in [1.82, 2.24) is 15.2 Å². The van der Waals surface area contributed by atoms with Gasteiger partial charge in [0.1, 0.15) is 5.69 Å². The number of aryl methyl sites for hydroxylation is 1. The highest BCUT2D eigenvalue weighted by Gasteiger charge is 2.37. The number of nitrogens with zero attached hydrogens (tertiary/aromatic N) is 3. The lowest BCUT2D eigenvalue weighted by Crippen LogP contribution is -2.45. The summed E-state index contributed by atoms with van der Waals surface area (Å²) in [6.07, 6.45) is -6.57. The van der Waals surface area contributed by atoms with Crippen molar-refractivity contribution in [2.24, 2.45) is 0 Å². The van der Waals surface area contributed by atoms with Crippen LogP contribution in [0, 0.1) is 6.92 Å². The molecule has 11 heteroatoms. The van der Waals surface area contributed by atoms with E-state index >= 15 is 0 Å². The minimum absolute atomic E-state index is 0.0334. The van der Waals surface area contributed by atoms with Crippen LogP contribution in [0.1, 0.15) is 44.7 Å². The molecule has 5 rings (SSSR count). The summed E-state index contributed by atoms with van der Waals surface area (Å²) in [7, 11) is 2.10. The highest BCUT2D eigenvalue weighted by molar-refractivity contribution is 5.92. The highest BCUT2D eigenvalue weighted by Crippen LogP contribution is 2.39. The summed E-state index contributed by atoms with van der Waals surface area (Å²) in [5.74, 6) is -0.446. The molecule has 1 fully saturated rings. The fraction of sp³-hybridized carbons (Fsp3) is 0.400. The van der Waals surface area contributed by atoms with E-state index in [-0.39, 0.29) is 28.9 Å². The van der Waals surface area contributed by atoms with Gasteiger partial charge in [0.15, 0.2) is 0 Å². The van der Waals surface area contributed by atoms with Crippen LogP contribution in [-0.2, 0) is 25.2 Å². The molecule has 218 valence electrons. The summed E-state index contributed by atoms with van der Waals surface area (Å²) in [5.41, 5.74) is 1.93. The molecule has 41 heavy (non-hydrogen) atoms. The largest absolute Gasteiger partial charge is 0.416 e. The third kappa shape index (κ3) is 6.34. The van der Waals surface area contributed by atoms with Crippen molar-refractivity contribution in [1.29, 1.82) is 0 Å². The number of amides is 1. The molecule has 0 spiro atoms. The Labute approximate surface area is 234 Å². The van der Waals surface area contributed by atoms with Crippen LogP contribution in [0.4, 0.5) is 32.0 Å². The maximum Gasteiger partial charge on any atom is 0.416 e. The molecule has 0 unspecified atom stereocenters. The van der Waals surface area contributed by atoms with Crippen LogP contribution >= 0.6 is 0 Å². The maximum atomic E-state index is 13.3. The number of carbonyl (C=O) groups excluding carboxylic acids is 1. The lowest BCUT2D eigenvalue weighted by molar-refractivity contribution is -0.143. The van der Waals surface area contributed by atoms with E-state index < -0.39 is 29.4 Å². The lowest BCUT2D eigenvalue weighted by Gasteiger charge is -2.37. The number of benzene rings is 2. The average Bonchev–Trinajstić information content (AvgIpc) is 2.93. The summed E-state index contributed by atoms with van der Waals surface area (Å²) in [6.45, 7) is 5.90. The molecule has 1 amide bonds. The van der Waals surface area contributed by atoms with Crippen LogP contribution in [0.2, 0.25) is 0 Å². The number of aromatic nitrogens is 1. The summed E-state index contributed by atoms with van der Waals surface area (Å²) >= 11 is 0. The first-order chi connectivity index (χ1) is 19.3. The van der Waals surface area contributed by atoms with Crippen molar-refractivity contribution >= 4 is 11.6 Å².